The number of nitrogens with one attached hydrogen (secondary N) is 1. The molecule has 2 heterocycles. The number of anilines is 2. The molecule has 0 bridgehead atoms. The zero-order chi connectivity index (χ0) is 12.1. The first-order valence-electron chi connectivity index (χ1n) is 6.00. The molecular weight excluding hydrogens is 254 g/mol. The summed E-state index contributed by atoms with van der Waals surface area (Å²) in [5.41, 5.74) is 5.77. The fraction of sp³-hybridized carbons (Fsp3) is 0.727. The van der Waals surface area contributed by atoms with Crippen LogP contribution < -0.4 is 15.8 Å². The van der Waals surface area contributed by atoms with Crippen molar-refractivity contribution >= 4 is 34.1 Å². The van der Waals surface area contributed by atoms with Crippen molar-refractivity contribution in [1.29, 1.82) is 0 Å². The average molecular weight is 273 g/mol. The smallest absolute Gasteiger partial charge is 0.197 e. The van der Waals surface area contributed by atoms with Crippen LogP contribution in [-0.4, -0.2) is 29.0 Å². The van der Waals surface area contributed by atoms with E-state index in [0.717, 1.165) is 23.2 Å². The lowest BCUT2D eigenvalue weighted by Crippen LogP contribution is -2.19. The highest BCUT2D eigenvalue weighted by Gasteiger charge is 2.16. The van der Waals surface area contributed by atoms with Crippen LogP contribution in [0.25, 0.3) is 0 Å². The number of nitrogen functional groups attached to an aromatic ring is 1. The SMILES string of the molecule is CCOc1c(N)nsc1NCC1CCSCC1. The van der Waals surface area contributed by atoms with Crippen LogP contribution in [0.3, 0.4) is 0 Å². The number of rotatable bonds is 5. The Labute approximate surface area is 110 Å². The molecule has 2 rings (SSSR count). The molecule has 0 aliphatic carbocycles. The highest BCUT2D eigenvalue weighted by Crippen LogP contribution is 2.35. The van der Waals surface area contributed by atoms with Crippen molar-refractivity contribution in [2.75, 3.05) is 35.7 Å². The molecule has 0 saturated carbocycles. The van der Waals surface area contributed by atoms with E-state index in [1.54, 1.807) is 0 Å². The van der Waals surface area contributed by atoms with Crippen molar-refractivity contribution in [3.05, 3.63) is 0 Å². The summed E-state index contributed by atoms with van der Waals surface area (Å²) in [6.07, 6.45) is 2.60. The number of aromatic nitrogens is 1. The van der Waals surface area contributed by atoms with Gasteiger partial charge in [-0.05, 0) is 48.7 Å². The van der Waals surface area contributed by atoms with Crippen LogP contribution in [0.4, 0.5) is 10.8 Å². The van der Waals surface area contributed by atoms with Gasteiger partial charge in [-0.2, -0.15) is 16.1 Å². The largest absolute Gasteiger partial charge is 0.487 e. The second kappa shape index (κ2) is 6.35. The predicted molar refractivity (Wildman–Crippen MR) is 76.2 cm³/mol. The highest BCUT2D eigenvalue weighted by atomic mass is 32.2. The zero-order valence-corrected chi connectivity index (χ0v) is 11.7. The highest BCUT2D eigenvalue weighted by molar-refractivity contribution is 7.99. The van der Waals surface area contributed by atoms with Crippen LogP contribution >= 0.6 is 23.3 Å². The van der Waals surface area contributed by atoms with Gasteiger partial charge in [0, 0.05) is 6.54 Å². The number of nitrogens with two attached hydrogens (primary N) is 1. The van der Waals surface area contributed by atoms with Crippen molar-refractivity contribution in [3.63, 3.8) is 0 Å². The van der Waals surface area contributed by atoms with E-state index in [1.165, 1.54) is 35.9 Å². The first-order valence-corrected chi connectivity index (χ1v) is 7.93. The molecule has 0 amide bonds. The molecule has 1 saturated heterocycles. The molecule has 1 aliphatic rings. The van der Waals surface area contributed by atoms with Crippen molar-refractivity contribution < 1.29 is 4.74 Å². The summed E-state index contributed by atoms with van der Waals surface area (Å²) in [5, 5.41) is 4.40. The van der Waals surface area contributed by atoms with Crippen LogP contribution in [0.2, 0.25) is 0 Å². The van der Waals surface area contributed by atoms with E-state index >= 15 is 0 Å². The minimum absolute atomic E-state index is 0.499. The molecule has 6 heteroatoms. The third kappa shape index (κ3) is 3.42. The van der Waals surface area contributed by atoms with E-state index < -0.39 is 0 Å². The monoisotopic (exact) mass is 273 g/mol. The molecular formula is C11H19N3OS2. The molecule has 0 aromatic carbocycles. The summed E-state index contributed by atoms with van der Waals surface area (Å²) in [5.74, 6) is 4.57. The van der Waals surface area contributed by atoms with Gasteiger partial charge in [0.25, 0.3) is 0 Å². The molecule has 4 nitrogen and oxygen atoms in total. The standard InChI is InChI=1S/C11H19N3OS2/c1-2-15-9-10(12)14-17-11(9)13-7-8-3-5-16-6-4-8/h8,13H,2-7H2,1H3,(H2,12,14). The zero-order valence-electron chi connectivity index (χ0n) is 10.1. The minimum Gasteiger partial charge on any atom is -0.487 e. The maximum Gasteiger partial charge on any atom is 0.197 e. The van der Waals surface area contributed by atoms with Gasteiger partial charge in [0.15, 0.2) is 16.6 Å². The van der Waals surface area contributed by atoms with E-state index in [4.69, 9.17) is 10.5 Å². The van der Waals surface area contributed by atoms with Crippen LogP contribution in [0, 0.1) is 5.92 Å². The Bertz CT molecular complexity index is 350. The molecule has 96 valence electrons. The number of hydrogen-bond donors (Lipinski definition) is 2. The molecule has 1 aromatic rings. The molecule has 1 fully saturated rings. The summed E-state index contributed by atoms with van der Waals surface area (Å²) >= 11 is 3.44. The Morgan fingerprint density at radius 2 is 2.24 bits per heavy atom. The number of hydrogen-bond acceptors (Lipinski definition) is 6. The van der Waals surface area contributed by atoms with Gasteiger partial charge in [-0.25, -0.2) is 0 Å². The van der Waals surface area contributed by atoms with E-state index in [2.05, 4.69) is 21.5 Å². The molecule has 1 aromatic heterocycles. The lowest BCUT2D eigenvalue weighted by atomic mass is 10.0. The van der Waals surface area contributed by atoms with E-state index in [-0.39, 0.29) is 0 Å². The Balaban J connectivity index is 1.89. The van der Waals surface area contributed by atoms with Crippen molar-refractivity contribution in [2.24, 2.45) is 5.92 Å². The van der Waals surface area contributed by atoms with Crippen molar-refractivity contribution in [3.8, 4) is 5.75 Å². The van der Waals surface area contributed by atoms with Crippen LogP contribution in [-0.2, 0) is 0 Å². The van der Waals surface area contributed by atoms with Gasteiger partial charge in [-0.1, -0.05) is 0 Å². The fourth-order valence-corrected chi connectivity index (χ4v) is 3.75. The van der Waals surface area contributed by atoms with Gasteiger partial charge in [-0.3, -0.25) is 0 Å². The quantitative estimate of drug-likeness (QED) is 0.863. The second-order valence-electron chi connectivity index (χ2n) is 4.10. The van der Waals surface area contributed by atoms with Crippen molar-refractivity contribution in [2.45, 2.75) is 19.8 Å². The lowest BCUT2D eigenvalue weighted by Gasteiger charge is -2.21. The molecule has 0 spiro atoms. The van der Waals surface area contributed by atoms with E-state index in [1.807, 2.05) is 6.92 Å². The number of nitrogens with zero attached hydrogens (tertiary/aromatic N) is 1. The van der Waals surface area contributed by atoms with Crippen LogP contribution in [0.5, 0.6) is 5.75 Å². The van der Waals surface area contributed by atoms with Crippen LogP contribution in [0.15, 0.2) is 0 Å². The third-order valence-electron chi connectivity index (χ3n) is 2.85. The molecule has 3 N–H and O–H groups in total. The summed E-state index contributed by atoms with van der Waals surface area (Å²) in [4.78, 5) is 0. The Morgan fingerprint density at radius 3 is 2.94 bits per heavy atom. The summed E-state index contributed by atoms with van der Waals surface area (Å²) < 4.78 is 9.63. The Morgan fingerprint density at radius 1 is 1.47 bits per heavy atom. The molecule has 1 aliphatic heterocycles. The average Bonchev–Trinajstić information content (AvgIpc) is 2.70. The third-order valence-corrected chi connectivity index (χ3v) is 4.70. The first-order chi connectivity index (χ1) is 8.31. The van der Waals surface area contributed by atoms with Gasteiger partial charge >= 0.3 is 0 Å². The van der Waals surface area contributed by atoms with Gasteiger partial charge in [0.1, 0.15) is 0 Å². The van der Waals surface area contributed by atoms with E-state index in [0.29, 0.717) is 12.4 Å². The Hall–Kier alpha value is -0.620. The first kappa shape index (κ1) is 12.8. The molecule has 0 unspecified atom stereocenters. The number of ether oxygens (including phenoxy) is 1. The normalized spacial score (nSPS) is 17.0. The number of thioether (sulfide) groups is 1. The van der Waals surface area contributed by atoms with Crippen molar-refractivity contribution in [1.82, 2.24) is 4.37 Å². The lowest BCUT2D eigenvalue weighted by molar-refractivity contribution is 0.344. The second-order valence-corrected chi connectivity index (χ2v) is 6.09. The summed E-state index contributed by atoms with van der Waals surface area (Å²) in [6.45, 7) is 3.58. The van der Waals surface area contributed by atoms with Gasteiger partial charge in [0.05, 0.1) is 6.61 Å². The predicted octanol–water partition coefficient (Wildman–Crippen LogP) is 2.68. The summed E-state index contributed by atoms with van der Waals surface area (Å²) in [7, 11) is 0. The maximum atomic E-state index is 5.77. The maximum absolute atomic E-state index is 5.77. The fourth-order valence-electron chi connectivity index (χ4n) is 1.88. The summed E-state index contributed by atoms with van der Waals surface area (Å²) in [6, 6.07) is 0. The topological polar surface area (TPSA) is 60.2 Å². The molecule has 0 atom stereocenters. The van der Waals surface area contributed by atoms with Crippen LogP contribution in [0.1, 0.15) is 19.8 Å². The van der Waals surface area contributed by atoms with E-state index in [9.17, 15) is 0 Å². The molecule has 17 heavy (non-hydrogen) atoms. The van der Waals surface area contributed by atoms with Gasteiger partial charge in [-0.15, -0.1) is 0 Å². The molecule has 0 radical (unpaired) electrons. The van der Waals surface area contributed by atoms with Gasteiger partial charge in [0.2, 0.25) is 0 Å². The Kier molecular flexibility index (Phi) is 4.79. The van der Waals surface area contributed by atoms with Gasteiger partial charge < -0.3 is 15.8 Å². The minimum atomic E-state index is 0.499.